The molecule has 0 saturated heterocycles. The second kappa shape index (κ2) is 5.04. The molecule has 0 spiro atoms. The monoisotopic (exact) mass is 273 g/mol. The number of hydrogen-bond donors (Lipinski definition) is 0. The van der Waals surface area contributed by atoms with E-state index in [-0.39, 0.29) is 16.4 Å². The fourth-order valence-corrected chi connectivity index (χ4v) is 1.84. The molecule has 0 N–H and O–H groups in total. The van der Waals surface area contributed by atoms with Crippen LogP contribution in [-0.4, -0.2) is 9.91 Å². The van der Waals surface area contributed by atoms with Crippen molar-refractivity contribution in [3.05, 3.63) is 56.7 Å². The van der Waals surface area contributed by atoms with Crippen LogP contribution in [0.5, 0.6) is 0 Å². The van der Waals surface area contributed by atoms with Crippen LogP contribution in [0.15, 0.2) is 30.3 Å². The molecule has 5 nitrogen and oxygen atoms in total. The predicted molar refractivity (Wildman–Crippen MR) is 70.8 cm³/mol. The van der Waals surface area contributed by atoms with E-state index in [9.17, 15) is 10.1 Å². The summed E-state index contributed by atoms with van der Waals surface area (Å²) in [5.41, 5.74) is 1.95. The van der Waals surface area contributed by atoms with Crippen LogP contribution in [-0.2, 0) is 0 Å². The van der Waals surface area contributed by atoms with E-state index in [1.807, 2.05) is 6.07 Å². The lowest BCUT2D eigenvalue weighted by atomic mass is 10.1. The van der Waals surface area contributed by atoms with E-state index < -0.39 is 4.92 Å². The zero-order valence-corrected chi connectivity index (χ0v) is 10.7. The van der Waals surface area contributed by atoms with E-state index in [0.717, 1.165) is 0 Å². The molecule has 0 saturated carbocycles. The summed E-state index contributed by atoms with van der Waals surface area (Å²) in [5, 5.41) is 19.7. The van der Waals surface area contributed by atoms with Gasteiger partial charge in [-0.05, 0) is 19.1 Å². The zero-order valence-electron chi connectivity index (χ0n) is 9.92. The molecule has 0 radical (unpaired) electrons. The van der Waals surface area contributed by atoms with Crippen LogP contribution in [0.3, 0.4) is 0 Å². The highest BCUT2D eigenvalue weighted by atomic mass is 35.5. The average molecular weight is 274 g/mol. The first-order valence-electron chi connectivity index (χ1n) is 5.35. The Kier molecular flexibility index (Phi) is 3.45. The van der Waals surface area contributed by atoms with Crippen LogP contribution in [0.25, 0.3) is 11.3 Å². The molecular formula is C13H8ClN3O2. The van der Waals surface area contributed by atoms with Crippen LogP contribution < -0.4 is 0 Å². The van der Waals surface area contributed by atoms with Crippen LogP contribution >= 0.6 is 11.6 Å². The molecule has 0 unspecified atom stereocenters. The quantitative estimate of drug-likeness (QED) is 0.476. The Morgan fingerprint density at radius 3 is 2.68 bits per heavy atom. The van der Waals surface area contributed by atoms with Gasteiger partial charge in [-0.15, -0.1) is 0 Å². The maximum atomic E-state index is 10.9. The Morgan fingerprint density at radius 1 is 1.37 bits per heavy atom. The second-order valence-corrected chi connectivity index (χ2v) is 4.26. The lowest BCUT2D eigenvalue weighted by molar-refractivity contribution is -0.385. The molecule has 0 aliphatic carbocycles. The van der Waals surface area contributed by atoms with E-state index >= 15 is 0 Å². The number of benzene rings is 1. The summed E-state index contributed by atoms with van der Waals surface area (Å²) in [6, 6.07) is 9.89. The van der Waals surface area contributed by atoms with Crippen molar-refractivity contribution in [1.82, 2.24) is 4.98 Å². The van der Waals surface area contributed by atoms with Gasteiger partial charge in [0.05, 0.1) is 16.2 Å². The number of nitro benzene ring substituents is 1. The molecular weight excluding hydrogens is 266 g/mol. The highest BCUT2D eigenvalue weighted by Gasteiger charge is 2.13. The molecule has 1 heterocycles. The summed E-state index contributed by atoms with van der Waals surface area (Å²) in [5.74, 6) is 0. The van der Waals surface area contributed by atoms with Gasteiger partial charge >= 0.3 is 0 Å². The number of rotatable bonds is 2. The van der Waals surface area contributed by atoms with Gasteiger partial charge in [-0.2, -0.15) is 5.26 Å². The van der Waals surface area contributed by atoms with Crippen molar-refractivity contribution in [3.63, 3.8) is 0 Å². The summed E-state index contributed by atoms with van der Waals surface area (Å²) in [4.78, 5) is 14.5. The average Bonchev–Trinajstić information content (AvgIpc) is 2.38. The largest absolute Gasteiger partial charge is 0.272 e. The van der Waals surface area contributed by atoms with E-state index in [2.05, 4.69) is 4.98 Å². The summed E-state index contributed by atoms with van der Waals surface area (Å²) in [7, 11) is 0. The maximum Gasteiger partial charge on any atom is 0.272 e. The van der Waals surface area contributed by atoms with E-state index in [1.54, 1.807) is 25.1 Å². The van der Waals surface area contributed by atoms with Gasteiger partial charge in [0, 0.05) is 17.2 Å². The molecule has 0 aliphatic heterocycles. The lowest BCUT2D eigenvalue weighted by Crippen LogP contribution is -1.93. The zero-order chi connectivity index (χ0) is 14.0. The Labute approximate surface area is 114 Å². The molecule has 1 aromatic carbocycles. The molecule has 2 rings (SSSR count). The SMILES string of the molecule is Cc1ccc(-c2ccc(C#N)c(Cl)n2)cc1[N+](=O)[O-]. The van der Waals surface area contributed by atoms with E-state index in [1.165, 1.54) is 12.1 Å². The lowest BCUT2D eigenvalue weighted by Gasteiger charge is -2.04. The number of nitriles is 1. The first-order chi connectivity index (χ1) is 9.02. The number of halogens is 1. The van der Waals surface area contributed by atoms with Crippen molar-refractivity contribution in [3.8, 4) is 17.3 Å². The minimum Gasteiger partial charge on any atom is -0.258 e. The first-order valence-corrected chi connectivity index (χ1v) is 5.73. The minimum absolute atomic E-state index is 0.0276. The summed E-state index contributed by atoms with van der Waals surface area (Å²) >= 11 is 5.85. The number of aromatic nitrogens is 1. The number of pyridine rings is 1. The molecule has 1 aromatic heterocycles. The van der Waals surface area contributed by atoms with Crippen LogP contribution in [0.2, 0.25) is 5.15 Å². The summed E-state index contributed by atoms with van der Waals surface area (Å²) in [6.45, 7) is 1.67. The van der Waals surface area contributed by atoms with Gasteiger partial charge < -0.3 is 0 Å². The second-order valence-electron chi connectivity index (χ2n) is 3.91. The molecule has 0 atom stereocenters. The van der Waals surface area contributed by atoms with Gasteiger partial charge in [-0.1, -0.05) is 23.7 Å². The molecule has 0 fully saturated rings. The van der Waals surface area contributed by atoms with Crippen molar-refractivity contribution >= 4 is 17.3 Å². The Hall–Kier alpha value is -2.45. The van der Waals surface area contributed by atoms with Crippen LogP contribution in [0.4, 0.5) is 5.69 Å². The fraction of sp³-hybridized carbons (Fsp3) is 0.0769. The van der Waals surface area contributed by atoms with Crippen molar-refractivity contribution in [2.75, 3.05) is 0 Å². The number of nitrogens with zero attached hydrogens (tertiary/aromatic N) is 3. The standard InChI is InChI=1S/C13H8ClN3O2/c1-8-2-3-9(6-12(8)17(18)19)11-5-4-10(7-15)13(14)16-11/h2-6H,1H3. The summed E-state index contributed by atoms with van der Waals surface area (Å²) < 4.78 is 0. The third-order valence-corrected chi connectivity index (χ3v) is 2.96. The Balaban J connectivity index is 2.54. The predicted octanol–water partition coefficient (Wildman–Crippen LogP) is 3.49. The van der Waals surface area contributed by atoms with Crippen molar-refractivity contribution in [2.24, 2.45) is 0 Å². The number of nitro groups is 1. The molecule has 0 aliphatic rings. The summed E-state index contributed by atoms with van der Waals surface area (Å²) in [6.07, 6.45) is 0. The highest BCUT2D eigenvalue weighted by Crippen LogP contribution is 2.27. The smallest absolute Gasteiger partial charge is 0.258 e. The molecule has 0 amide bonds. The third kappa shape index (κ3) is 2.54. The van der Waals surface area contributed by atoms with Crippen LogP contribution in [0.1, 0.15) is 11.1 Å². The first kappa shape index (κ1) is 13.0. The van der Waals surface area contributed by atoms with Gasteiger partial charge in [0.1, 0.15) is 11.2 Å². The van der Waals surface area contributed by atoms with Crippen molar-refractivity contribution in [2.45, 2.75) is 6.92 Å². The van der Waals surface area contributed by atoms with E-state index in [0.29, 0.717) is 16.8 Å². The topological polar surface area (TPSA) is 79.8 Å². The van der Waals surface area contributed by atoms with Gasteiger partial charge in [0.15, 0.2) is 0 Å². The van der Waals surface area contributed by atoms with E-state index in [4.69, 9.17) is 16.9 Å². The molecule has 0 bridgehead atoms. The van der Waals surface area contributed by atoms with Crippen LogP contribution in [0, 0.1) is 28.4 Å². The maximum absolute atomic E-state index is 10.9. The van der Waals surface area contributed by atoms with Gasteiger partial charge in [-0.25, -0.2) is 4.98 Å². The Bertz CT molecular complexity index is 708. The third-order valence-electron chi connectivity index (χ3n) is 2.67. The van der Waals surface area contributed by atoms with Gasteiger partial charge in [-0.3, -0.25) is 10.1 Å². The minimum atomic E-state index is -0.440. The molecule has 2 aromatic rings. The number of aryl methyl sites for hydroxylation is 1. The van der Waals surface area contributed by atoms with Crippen molar-refractivity contribution in [1.29, 1.82) is 5.26 Å². The normalized spacial score (nSPS) is 9.95. The highest BCUT2D eigenvalue weighted by molar-refractivity contribution is 6.30. The van der Waals surface area contributed by atoms with Gasteiger partial charge in [0.2, 0.25) is 0 Å². The Morgan fingerprint density at radius 2 is 2.11 bits per heavy atom. The fourth-order valence-electron chi connectivity index (χ4n) is 1.64. The van der Waals surface area contributed by atoms with Gasteiger partial charge in [0.25, 0.3) is 5.69 Å². The molecule has 94 valence electrons. The molecule has 19 heavy (non-hydrogen) atoms. The van der Waals surface area contributed by atoms with Crippen molar-refractivity contribution < 1.29 is 4.92 Å². The molecule has 6 heteroatoms. The number of hydrogen-bond acceptors (Lipinski definition) is 4.